The van der Waals surface area contributed by atoms with Crippen LogP contribution in [0.3, 0.4) is 0 Å². The van der Waals surface area contributed by atoms with E-state index in [0.29, 0.717) is 23.7 Å². The minimum atomic E-state index is 0.544. The summed E-state index contributed by atoms with van der Waals surface area (Å²) in [4.78, 5) is 14.5. The molecule has 32 heavy (non-hydrogen) atoms. The smallest absolute Gasteiger partial charge is 0.186 e. The van der Waals surface area contributed by atoms with Gasteiger partial charge in [0.25, 0.3) is 0 Å². The molecule has 3 aromatic heterocycles. The number of piperidine rings is 1. The number of aryl methyl sites for hydroxylation is 1. The summed E-state index contributed by atoms with van der Waals surface area (Å²) in [6.45, 7) is 0. The van der Waals surface area contributed by atoms with E-state index in [2.05, 4.69) is 52.2 Å². The van der Waals surface area contributed by atoms with Gasteiger partial charge in [-0.1, -0.05) is 11.3 Å². The molecule has 2 aliphatic heterocycles. The SMILES string of the molecule is CN(c1nc2cnc(-c3cc(C#N)c4nn(C)cc4c3)cc2s1)C1CC2CCC(C1)N2C. The number of pyridine rings is 1. The molecule has 1 aromatic carbocycles. The third-order valence-corrected chi connectivity index (χ3v) is 8.43. The monoisotopic (exact) mass is 443 g/mol. The number of aromatic nitrogens is 4. The zero-order valence-electron chi connectivity index (χ0n) is 18.5. The molecule has 7 nitrogen and oxygen atoms in total. The second-order valence-corrected chi connectivity index (χ2v) is 10.2. The third kappa shape index (κ3) is 3.07. The van der Waals surface area contributed by atoms with Gasteiger partial charge in [-0.2, -0.15) is 10.4 Å². The Bertz CT molecular complexity index is 1370. The summed E-state index contributed by atoms with van der Waals surface area (Å²) in [5.74, 6) is 0. The van der Waals surface area contributed by atoms with Crippen LogP contribution in [0.25, 0.3) is 32.4 Å². The predicted molar refractivity (Wildman–Crippen MR) is 128 cm³/mol. The molecule has 5 heterocycles. The zero-order chi connectivity index (χ0) is 22.0. The van der Waals surface area contributed by atoms with E-state index < -0.39 is 0 Å². The molecule has 2 bridgehead atoms. The van der Waals surface area contributed by atoms with Crippen molar-refractivity contribution in [1.29, 1.82) is 5.26 Å². The molecule has 2 aliphatic rings. The topological polar surface area (TPSA) is 73.9 Å². The van der Waals surface area contributed by atoms with Crippen molar-refractivity contribution in [2.45, 2.75) is 43.8 Å². The van der Waals surface area contributed by atoms with Gasteiger partial charge >= 0.3 is 0 Å². The van der Waals surface area contributed by atoms with Crippen LogP contribution in [0.4, 0.5) is 5.13 Å². The van der Waals surface area contributed by atoms with Crippen molar-refractivity contribution in [3.63, 3.8) is 0 Å². The number of thiazole rings is 1. The van der Waals surface area contributed by atoms with Crippen molar-refractivity contribution in [1.82, 2.24) is 24.6 Å². The molecule has 0 aliphatic carbocycles. The molecule has 162 valence electrons. The van der Waals surface area contributed by atoms with E-state index in [0.717, 1.165) is 37.5 Å². The predicted octanol–water partition coefficient (Wildman–Crippen LogP) is 4.18. The molecule has 2 unspecified atom stereocenters. The number of hydrogen-bond acceptors (Lipinski definition) is 7. The van der Waals surface area contributed by atoms with Crippen LogP contribution in [-0.2, 0) is 7.05 Å². The van der Waals surface area contributed by atoms with Crippen LogP contribution in [0.5, 0.6) is 0 Å². The van der Waals surface area contributed by atoms with Crippen molar-refractivity contribution < 1.29 is 0 Å². The summed E-state index contributed by atoms with van der Waals surface area (Å²) in [5, 5.41) is 16.0. The molecule has 2 atom stereocenters. The van der Waals surface area contributed by atoms with Crippen molar-refractivity contribution >= 4 is 37.6 Å². The molecule has 6 rings (SSSR count). The fourth-order valence-electron chi connectivity index (χ4n) is 5.47. The lowest BCUT2D eigenvalue weighted by atomic mass is 9.97. The maximum absolute atomic E-state index is 9.60. The van der Waals surface area contributed by atoms with Crippen molar-refractivity contribution in [3.05, 3.63) is 36.2 Å². The number of anilines is 1. The molecular weight excluding hydrogens is 418 g/mol. The van der Waals surface area contributed by atoms with E-state index in [1.807, 2.05) is 25.5 Å². The molecule has 0 saturated carbocycles. The van der Waals surface area contributed by atoms with Crippen molar-refractivity contribution in [2.24, 2.45) is 7.05 Å². The highest BCUT2D eigenvalue weighted by atomic mass is 32.1. The Hall–Kier alpha value is -3.02. The first kappa shape index (κ1) is 19.6. The van der Waals surface area contributed by atoms with Gasteiger partial charge in [0.05, 0.1) is 22.2 Å². The summed E-state index contributed by atoms with van der Waals surface area (Å²) < 4.78 is 2.87. The number of fused-ring (bicyclic) bond motifs is 4. The minimum absolute atomic E-state index is 0.544. The highest BCUT2D eigenvalue weighted by molar-refractivity contribution is 7.22. The van der Waals surface area contributed by atoms with Crippen LogP contribution in [-0.4, -0.2) is 56.9 Å². The fraction of sp³-hybridized carbons (Fsp3) is 0.417. The van der Waals surface area contributed by atoms with Gasteiger partial charge in [-0.15, -0.1) is 0 Å². The maximum Gasteiger partial charge on any atom is 0.186 e. The van der Waals surface area contributed by atoms with E-state index in [4.69, 9.17) is 4.98 Å². The molecule has 0 amide bonds. The quantitative estimate of drug-likeness (QED) is 0.473. The summed E-state index contributed by atoms with van der Waals surface area (Å²) in [6, 6.07) is 10.3. The summed E-state index contributed by atoms with van der Waals surface area (Å²) in [7, 11) is 6.34. The van der Waals surface area contributed by atoms with Gasteiger partial charge < -0.3 is 9.80 Å². The van der Waals surface area contributed by atoms with Gasteiger partial charge in [0.1, 0.15) is 17.1 Å². The Morgan fingerprint density at radius 2 is 1.94 bits per heavy atom. The van der Waals surface area contributed by atoms with Crippen LogP contribution in [0, 0.1) is 11.3 Å². The molecular formula is C24H25N7S. The molecule has 4 aromatic rings. The van der Waals surface area contributed by atoms with Gasteiger partial charge in [0.15, 0.2) is 5.13 Å². The van der Waals surface area contributed by atoms with Crippen LogP contribution in [0.2, 0.25) is 0 Å². The molecule has 0 spiro atoms. The number of benzene rings is 1. The summed E-state index contributed by atoms with van der Waals surface area (Å²) in [5.41, 5.74) is 4.02. The number of nitriles is 1. The van der Waals surface area contributed by atoms with Crippen LogP contribution < -0.4 is 4.90 Å². The Labute approximate surface area is 190 Å². The minimum Gasteiger partial charge on any atom is -0.348 e. The van der Waals surface area contributed by atoms with Crippen LogP contribution in [0.1, 0.15) is 31.2 Å². The van der Waals surface area contributed by atoms with E-state index in [1.54, 1.807) is 16.0 Å². The van der Waals surface area contributed by atoms with Gasteiger partial charge in [-0.05, 0) is 50.9 Å². The standard InChI is InChI=1S/C24H25N7S/c1-29-13-16-7-14(6-15(11-25)23(16)28-29)20-10-22-21(12-26-20)27-24(32-22)31(3)19-8-17-4-5-18(9-19)30(17)2/h6-7,10,12-13,17-19H,4-5,8-9H2,1-3H3. The molecule has 0 radical (unpaired) electrons. The average Bonchev–Trinajstić information content (AvgIpc) is 3.43. The molecule has 8 heteroatoms. The third-order valence-electron chi connectivity index (χ3n) is 7.33. The Morgan fingerprint density at radius 3 is 2.69 bits per heavy atom. The van der Waals surface area contributed by atoms with Crippen molar-refractivity contribution in [2.75, 3.05) is 19.0 Å². The molecule has 0 N–H and O–H groups in total. The zero-order valence-corrected chi connectivity index (χ0v) is 19.3. The molecule has 2 fully saturated rings. The van der Waals surface area contributed by atoms with Gasteiger partial charge in [-0.25, -0.2) is 4.98 Å². The lowest BCUT2D eigenvalue weighted by molar-refractivity contribution is 0.161. The van der Waals surface area contributed by atoms with Gasteiger partial charge in [0.2, 0.25) is 0 Å². The Morgan fingerprint density at radius 1 is 1.16 bits per heavy atom. The number of rotatable bonds is 3. The van der Waals surface area contributed by atoms with E-state index in [1.165, 1.54) is 25.7 Å². The Kier molecular flexibility index (Phi) is 4.46. The first-order valence-corrected chi connectivity index (χ1v) is 11.9. The molecule has 2 saturated heterocycles. The average molecular weight is 444 g/mol. The van der Waals surface area contributed by atoms with E-state index in [9.17, 15) is 5.26 Å². The van der Waals surface area contributed by atoms with Crippen LogP contribution in [0.15, 0.2) is 30.6 Å². The van der Waals surface area contributed by atoms with E-state index in [-0.39, 0.29) is 0 Å². The summed E-state index contributed by atoms with van der Waals surface area (Å²) >= 11 is 1.73. The Balaban J connectivity index is 1.33. The number of hydrogen-bond donors (Lipinski definition) is 0. The second kappa shape index (κ2) is 7.26. The van der Waals surface area contributed by atoms with E-state index >= 15 is 0 Å². The highest BCUT2D eigenvalue weighted by Crippen LogP contribution is 2.39. The van der Waals surface area contributed by atoms with Crippen molar-refractivity contribution in [3.8, 4) is 17.3 Å². The lowest BCUT2D eigenvalue weighted by Crippen LogP contribution is -2.47. The fourth-order valence-corrected chi connectivity index (χ4v) is 6.48. The largest absolute Gasteiger partial charge is 0.348 e. The van der Waals surface area contributed by atoms with Gasteiger partial charge in [-0.3, -0.25) is 9.67 Å². The highest BCUT2D eigenvalue weighted by Gasteiger charge is 2.40. The normalized spacial score (nSPS) is 23.1. The van der Waals surface area contributed by atoms with Crippen LogP contribution >= 0.6 is 11.3 Å². The van der Waals surface area contributed by atoms with Gasteiger partial charge in [0, 0.05) is 49.4 Å². The first-order valence-electron chi connectivity index (χ1n) is 11.1. The first-order chi connectivity index (χ1) is 15.5. The lowest BCUT2D eigenvalue weighted by Gasteiger charge is -2.40. The maximum atomic E-state index is 9.60. The summed E-state index contributed by atoms with van der Waals surface area (Å²) in [6.07, 6.45) is 8.87. The second-order valence-electron chi connectivity index (χ2n) is 9.20. The number of nitrogens with zero attached hydrogens (tertiary/aromatic N) is 7.